The van der Waals surface area contributed by atoms with Gasteiger partial charge in [-0.2, -0.15) is 0 Å². The number of para-hydroxylation sites is 1. The third-order valence-corrected chi connectivity index (χ3v) is 2.78. The van der Waals surface area contributed by atoms with Crippen molar-refractivity contribution in [3.63, 3.8) is 0 Å². The molecule has 0 bridgehead atoms. The van der Waals surface area contributed by atoms with E-state index in [4.69, 9.17) is 11.0 Å². The van der Waals surface area contributed by atoms with E-state index >= 15 is 0 Å². The summed E-state index contributed by atoms with van der Waals surface area (Å²) in [6, 6.07) is 7.60. The molecule has 0 amide bonds. The molecule has 0 aromatic heterocycles. The van der Waals surface area contributed by atoms with Gasteiger partial charge < -0.3 is 4.43 Å². The molecule has 0 N–H and O–H groups in total. The fourth-order valence-electron chi connectivity index (χ4n) is 1.04. The van der Waals surface area contributed by atoms with Gasteiger partial charge in [0.05, 0.1) is 6.57 Å². The van der Waals surface area contributed by atoms with Crippen LogP contribution in [0, 0.1) is 6.57 Å². The maximum atomic E-state index is 7.00. The molecule has 0 aliphatic rings. The van der Waals surface area contributed by atoms with E-state index in [1.165, 1.54) is 0 Å². The summed E-state index contributed by atoms with van der Waals surface area (Å²) in [5, 5.41) is 0. The zero-order chi connectivity index (χ0) is 10.6. The molecular formula is C11H15NOSi. The number of nitrogens with zero attached hydrogens (tertiary/aromatic N) is 1. The predicted octanol–water partition coefficient (Wildman–Crippen LogP) is 3.59. The molecule has 1 aromatic carbocycles. The standard InChI is InChI=1S/C11H15NOSi/c1-12-11-8-6-5-7-10(11)9-13-14(2,3)4/h5-8H,9H2,2-4H3. The quantitative estimate of drug-likeness (QED) is 0.543. The second kappa shape index (κ2) is 4.40. The van der Waals surface area contributed by atoms with Crippen molar-refractivity contribution in [2.24, 2.45) is 0 Å². The van der Waals surface area contributed by atoms with Crippen molar-refractivity contribution in [1.82, 2.24) is 0 Å². The molecule has 1 aromatic rings. The van der Waals surface area contributed by atoms with Crippen LogP contribution in [-0.2, 0) is 11.0 Å². The van der Waals surface area contributed by atoms with Crippen molar-refractivity contribution >= 4 is 14.0 Å². The molecule has 0 aliphatic carbocycles. The molecule has 1 rings (SSSR count). The Morgan fingerprint density at radius 2 is 1.93 bits per heavy atom. The first kappa shape index (κ1) is 11.0. The number of hydrogen-bond donors (Lipinski definition) is 0. The largest absolute Gasteiger partial charge is 0.415 e. The molecule has 0 spiro atoms. The van der Waals surface area contributed by atoms with Crippen LogP contribution in [0.25, 0.3) is 4.85 Å². The summed E-state index contributed by atoms with van der Waals surface area (Å²) >= 11 is 0. The lowest BCUT2D eigenvalue weighted by Gasteiger charge is -2.17. The first-order valence-corrected chi connectivity index (χ1v) is 8.03. The number of benzene rings is 1. The highest BCUT2D eigenvalue weighted by molar-refractivity contribution is 6.69. The van der Waals surface area contributed by atoms with E-state index in [-0.39, 0.29) is 0 Å². The average molecular weight is 205 g/mol. The molecule has 0 radical (unpaired) electrons. The van der Waals surface area contributed by atoms with Crippen LogP contribution in [0.4, 0.5) is 5.69 Å². The highest BCUT2D eigenvalue weighted by Crippen LogP contribution is 2.20. The van der Waals surface area contributed by atoms with Crippen molar-refractivity contribution in [3.8, 4) is 0 Å². The molecule has 74 valence electrons. The van der Waals surface area contributed by atoms with E-state index in [9.17, 15) is 0 Å². The summed E-state index contributed by atoms with van der Waals surface area (Å²) in [6.07, 6.45) is 0. The lowest BCUT2D eigenvalue weighted by molar-refractivity contribution is 0.300. The Labute approximate surface area is 86.5 Å². The summed E-state index contributed by atoms with van der Waals surface area (Å²) in [6.45, 7) is 14.0. The van der Waals surface area contributed by atoms with Gasteiger partial charge in [0, 0.05) is 6.61 Å². The third-order valence-electron chi connectivity index (χ3n) is 1.77. The Morgan fingerprint density at radius 3 is 2.50 bits per heavy atom. The fraction of sp³-hybridized carbons (Fsp3) is 0.364. The van der Waals surface area contributed by atoms with E-state index < -0.39 is 8.32 Å². The van der Waals surface area contributed by atoms with Crippen LogP contribution < -0.4 is 0 Å². The molecular weight excluding hydrogens is 190 g/mol. The second-order valence-electron chi connectivity index (χ2n) is 4.14. The van der Waals surface area contributed by atoms with Crippen molar-refractivity contribution in [3.05, 3.63) is 41.2 Å². The van der Waals surface area contributed by atoms with Crippen LogP contribution in [0.5, 0.6) is 0 Å². The van der Waals surface area contributed by atoms with Gasteiger partial charge in [-0.1, -0.05) is 24.3 Å². The Balaban J connectivity index is 2.73. The van der Waals surface area contributed by atoms with Crippen LogP contribution in [0.1, 0.15) is 5.56 Å². The minimum absolute atomic E-state index is 0.564. The molecule has 3 heteroatoms. The molecule has 0 unspecified atom stereocenters. The Bertz CT molecular complexity index is 349. The van der Waals surface area contributed by atoms with E-state index in [1.807, 2.05) is 24.3 Å². The summed E-state index contributed by atoms with van der Waals surface area (Å²) in [5.74, 6) is 0. The molecule has 2 nitrogen and oxygen atoms in total. The fourth-order valence-corrected chi connectivity index (χ4v) is 1.62. The summed E-state index contributed by atoms with van der Waals surface area (Å²) < 4.78 is 5.75. The monoisotopic (exact) mass is 205 g/mol. The van der Waals surface area contributed by atoms with Gasteiger partial charge in [-0.15, -0.1) is 0 Å². The Morgan fingerprint density at radius 1 is 1.29 bits per heavy atom. The maximum absolute atomic E-state index is 7.00. The molecule has 14 heavy (non-hydrogen) atoms. The van der Waals surface area contributed by atoms with Crippen LogP contribution in [0.3, 0.4) is 0 Å². The number of rotatable bonds is 3. The zero-order valence-electron chi connectivity index (χ0n) is 8.87. The van der Waals surface area contributed by atoms with E-state index in [1.54, 1.807) is 0 Å². The second-order valence-corrected chi connectivity index (χ2v) is 8.65. The van der Waals surface area contributed by atoms with Crippen LogP contribution in [0.15, 0.2) is 24.3 Å². The van der Waals surface area contributed by atoms with Crippen LogP contribution in [0.2, 0.25) is 19.6 Å². The SMILES string of the molecule is [C-]#[N+]c1ccccc1CO[Si](C)(C)C. The van der Waals surface area contributed by atoms with Gasteiger partial charge in [0.25, 0.3) is 0 Å². The molecule has 0 aliphatic heterocycles. The highest BCUT2D eigenvalue weighted by atomic mass is 28.4. The van der Waals surface area contributed by atoms with Crippen molar-refractivity contribution in [2.75, 3.05) is 0 Å². The normalized spacial score (nSPS) is 11.0. The van der Waals surface area contributed by atoms with Crippen LogP contribution >= 0.6 is 0 Å². The maximum Gasteiger partial charge on any atom is 0.192 e. The summed E-state index contributed by atoms with van der Waals surface area (Å²) in [7, 11) is -1.48. The highest BCUT2D eigenvalue weighted by Gasteiger charge is 2.14. The van der Waals surface area contributed by atoms with E-state index in [0.29, 0.717) is 12.3 Å². The summed E-state index contributed by atoms with van der Waals surface area (Å²) in [4.78, 5) is 3.46. The van der Waals surface area contributed by atoms with Gasteiger partial charge in [0.2, 0.25) is 0 Å². The van der Waals surface area contributed by atoms with Gasteiger partial charge in [-0.05, 0) is 25.2 Å². The predicted molar refractivity (Wildman–Crippen MR) is 60.8 cm³/mol. The van der Waals surface area contributed by atoms with Crippen molar-refractivity contribution in [2.45, 2.75) is 26.2 Å². The first-order valence-electron chi connectivity index (χ1n) is 4.62. The van der Waals surface area contributed by atoms with Gasteiger partial charge in [0.1, 0.15) is 0 Å². The van der Waals surface area contributed by atoms with Gasteiger partial charge in [-0.3, -0.25) is 0 Å². The topological polar surface area (TPSA) is 13.6 Å². The van der Waals surface area contributed by atoms with Crippen molar-refractivity contribution in [1.29, 1.82) is 0 Å². The first-order chi connectivity index (χ1) is 6.53. The average Bonchev–Trinajstić information content (AvgIpc) is 2.14. The lowest BCUT2D eigenvalue weighted by Crippen LogP contribution is -2.24. The third kappa shape index (κ3) is 3.33. The molecule has 0 fully saturated rings. The van der Waals surface area contributed by atoms with E-state index in [0.717, 1.165) is 5.56 Å². The minimum atomic E-state index is -1.48. The summed E-state index contributed by atoms with van der Waals surface area (Å²) in [5.41, 5.74) is 1.69. The van der Waals surface area contributed by atoms with Gasteiger partial charge in [0.15, 0.2) is 14.0 Å². The smallest absolute Gasteiger partial charge is 0.192 e. The molecule has 0 heterocycles. The molecule has 0 atom stereocenters. The number of hydrogen-bond acceptors (Lipinski definition) is 1. The molecule has 0 saturated heterocycles. The van der Waals surface area contributed by atoms with Gasteiger partial charge >= 0.3 is 0 Å². The zero-order valence-corrected chi connectivity index (χ0v) is 9.87. The Hall–Kier alpha value is -1.11. The molecule has 0 saturated carbocycles. The minimum Gasteiger partial charge on any atom is -0.415 e. The van der Waals surface area contributed by atoms with Gasteiger partial charge in [-0.25, -0.2) is 4.85 Å². The Kier molecular flexibility index (Phi) is 3.45. The lowest BCUT2D eigenvalue weighted by atomic mass is 10.2. The van der Waals surface area contributed by atoms with Crippen molar-refractivity contribution < 1.29 is 4.43 Å². The van der Waals surface area contributed by atoms with E-state index in [2.05, 4.69) is 24.5 Å². The van der Waals surface area contributed by atoms with Crippen LogP contribution in [-0.4, -0.2) is 8.32 Å².